The van der Waals surface area contributed by atoms with Crippen molar-refractivity contribution >= 4 is 17.5 Å². The summed E-state index contributed by atoms with van der Waals surface area (Å²) in [7, 11) is 0. The number of rotatable bonds is 6. The van der Waals surface area contributed by atoms with E-state index < -0.39 is 0 Å². The van der Waals surface area contributed by atoms with Crippen LogP contribution in [0.15, 0.2) is 6.33 Å². The van der Waals surface area contributed by atoms with Gasteiger partial charge in [0, 0.05) is 11.6 Å². The number of amides is 1. The van der Waals surface area contributed by atoms with Gasteiger partial charge in [-0.25, -0.2) is 15.8 Å². The molecule has 19 heavy (non-hydrogen) atoms. The zero-order chi connectivity index (χ0) is 13.8. The molecule has 104 valence electrons. The number of nitrogens with two attached hydrogens (primary N) is 1. The number of hydrogen-bond acceptors (Lipinski definition) is 6. The highest BCUT2D eigenvalue weighted by Crippen LogP contribution is 2.21. The van der Waals surface area contributed by atoms with Crippen LogP contribution in [0.5, 0.6) is 0 Å². The van der Waals surface area contributed by atoms with Crippen LogP contribution in [-0.2, 0) is 11.2 Å². The average molecular weight is 264 g/mol. The van der Waals surface area contributed by atoms with Crippen LogP contribution in [0, 0.1) is 0 Å². The highest BCUT2D eigenvalue weighted by atomic mass is 16.2. The number of anilines is 2. The molecule has 2 rings (SSSR count). The number of carbonyl (C=O) groups is 1. The van der Waals surface area contributed by atoms with Crippen molar-refractivity contribution in [2.24, 2.45) is 5.84 Å². The fourth-order valence-corrected chi connectivity index (χ4v) is 1.82. The molecule has 1 aromatic rings. The molecule has 1 atom stereocenters. The maximum Gasteiger partial charge on any atom is 0.242 e. The van der Waals surface area contributed by atoms with E-state index in [0.29, 0.717) is 17.7 Å². The van der Waals surface area contributed by atoms with Gasteiger partial charge in [0.15, 0.2) is 0 Å². The minimum atomic E-state index is -0.341. The standard InChI is InChI=1S/C12H20N6O/c1-3-9-10(14-6-15-11(9)18-13)16-7(2)12(19)17-8-4-5-8/h6-8H,3-5,13H2,1-2H3,(H,17,19)(H2,14,15,16,18). The first-order valence-corrected chi connectivity index (χ1v) is 6.53. The number of nitrogens with one attached hydrogen (secondary N) is 3. The second-order valence-corrected chi connectivity index (χ2v) is 4.70. The highest BCUT2D eigenvalue weighted by Gasteiger charge is 2.26. The summed E-state index contributed by atoms with van der Waals surface area (Å²) in [5, 5.41) is 6.07. The summed E-state index contributed by atoms with van der Waals surface area (Å²) >= 11 is 0. The van der Waals surface area contributed by atoms with E-state index in [4.69, 9.17) is 5.84 Å². The first-order chi connectivity index (χ1) is 9.15. The lowest BCUT2D eigenvalue weighted by Crippen LogP contribution is -2.39. The fourth-order valence-electron chi connectivity index (χ4n) is 1.82. The summed E-state index contributed by atoms with van der Waals surface area (Å²) in [6.45, 7) is 3.80. The lowest BCUT2D eigenvalue weighted by molar-refractivity contribution is -0.121. The van der Waals surface area contributed by atoms with Crippen molar-refractivity contribution in [2.45, 2.75) is 45.2 Å². The Morgan fingerprint density at radius 1 is 1.47 bits per heavy atom. The molecule has 1 aromatic heterocycles. The van der Waals surface area contributed by atoms with Crippen molar-refractivity contribution < 1.29 is 4.79 Å². The Morgan fingerprint density at radius 3 is 2.74 bits per heavy atom. The molecular weight excluding hydrogens is 244 g/mol. The smallest absolute Gasteiger partial charge is 0.242 e. The summed E-state index contributed by atoms with van der Waals surface area (Å²) in [5.74, 6) is 6.62. The molecule has 0 radical (unpaired) electrons. The van der Waals surface area contributed by atoms with Crippen molar-refractivity contribution in [1.82, 2.24) is 15.3 Å². The summed E-state index contributed by atoms with van der Waals surface area (Å²) in [6, 6.07) is 0.0143. The van der Waals surface area contributed by atoms with Crippen LogP contribution < -0.4 is 21.9 Å². The maximum atomic E-state index is 11.9. The summed E-state index contributed by atoms with van der Waals surface area (Å²) < 4.78 is 0. The van der Waals surface area contributed by atoms with Gasteiger partial charge in [0.25, 0.3) is 0 Å². The normalized spacial score (nSPS) is 15.7. The van der Waals surface area contributed by atoms with Gasteiger partial charge >= 0.3 is 0 Å². The Balaban J connectivity index is 2.06. The Morgan fingerprint density at radius 2 is 2.16 bits per heavy atom. The van der Waals surface area contributed by atoms with E-state index in [1.54, 1.807) is 0 Å². The maximum absolute atomic E-state index is 11.9. The van der Waals surface area contributed by atoms with Crippen LogP contribution in [0.4, 0.5) is 11.6 Å². The van der Waals surface area contributed by atoms with Gasteiger partial charge in [-0.1, -0.05) is 6.92 Å². The minimum Gasteiger partial charge on any atom is -0.358 e. The SMILES string of the molecule is CCc1c(NN)ncnc1NC(C)C(=O)NC1CC1. The molecule has 0 saturated heterocycles. The van der Waals surface area contributed by atoms with E-state index in [2.05, 4.69) is 26.0 Å². The average Bonchev–Trinajstić information content (AvgIpc) is 3.22. The second-order valence-electron chi connectivity index (χ2n) is 4.70. The molecule has 1 aliphatic carbocycles. The largest absolute Gasteiger partial charge is 0.358 e. The van der Waals surface area contributed by atoms with Gasteiger partial charge < -0.3 is 16.1 Å². The zero-order valence-electron chi connectivity index (χ0n) is 11.2. The third kappa shape index (κ3) is 3.31. The molecule has 0 bridgehead atoms. The van der Waals surface area contributed by atoms with E-state index in [0.717, 1.165) is 24.8 Å². The lowest BCUT2D eigenvalue weighted by atomic mass is 10.2. The van der Waals surface area contributed by atoms with Crippen LogP contribution in [0.2, 0.25) is 0 Å². The number of carbonyl (C=O) groups excluding carboxylic acids is 1. The molecule has 0 aliphatic heterocycles. The molecule has 1 unspecified atom stereocenters. The van der Waals surface area contributed by atoms with Crippen LogP contribution >= 0.6 is 0 Å². The van der Waals surface area contributed by atoms with E-state index in [-0.39, 0.29) is 11.9 Å². The zero-order valence-corrected chi connectivity index (χ0v) is 11.2. The third-order valence-corrected chi connectivity index (χ3v) is 3.11. The molecule has 0 spiro atoms. The van der Waals surface area contributed by atoms with E-state index >= 15 is 0 Å². The van der Waals surface area contributed by atoms with Crippen LogP contribution in [0.3, 0.4) is 0 Å². The van der Waals surface area contributed by atoms with Crippen LogP contribution in [0.25, 0.3) is 0 Å². The second kappa shape index (κ2) is 5.83. The topological polar surface area (TPSA) is 105 Å². The first kappa shape index (κ1) is 13.5. The van der Waals surface area contributed by atoms with Crippen molar-refractivity contribution in [2.75, 3.05) is 10.7 Å². The van der Waals surface area contributed by atoms with Gasteiger partial charge in [0.05, 0.1) is 0 Å². The molecule has 0 aromatic carbocycles. The Labute approximate surface area is 112 Å². The number of nitrogens with zero attached hydrogens (tertiary/aromatic N) is 2. The number of nitrogen functional groups attached to an aromatic ring is 1. The molecule has 1 heterocycles. The molecule has 1 amide bonds. The van der Waals surface area contributed by atoms with E-state index in [1.165, 1.54) is 6.33 Å². The quantitative estimate of drug-likeness (QED) is 0.438. The molecular formula is C12H20N6O. The van der Waals surface area contributed by atoms with Crippen molar-refractivity contribution in [1.29, 1.82) is 0 Å². The summed E-state index contributed by atoms with van der Waals surface area (Å²) in [4.78, 5) is 20.1. The van der Waals surface area contributed by atoms with Gasteiger partial charge in [0.2, 0.25) is 5.91 Å². The summed E-state index contributed by atoms with van der Waals surface area (Å²) in [6.07, 6.45) is 4.29. The minimum absolute atomic E-state index is 0.00887. The van der Waals surface area contributed by atoms with Gasteiger partial charge in [-0.15, -0.1) is 0 Å². The molecule has 1 saturated carbocycles. The van der Waals surface area contributed by atoms with Crippen LogP contribution in [-0.4, -0.2) is 28.0 Å². The Hall–Kier alpha value is -1.89. The number of hydrogen-bond donors (Lipinski definition) is 4. The lowest BCUT2D eigenvalue weighted by Gasteiger charge is -2.17. The summed E-state index contributed by atoms with van der Waals surface area (Å²) in [5.41, 5.74) is 3.41. The monoisotopic (exact) mass is 264 g/mol. The predicted octanol–water partition coefficient (Wildman–Crippen LogP) is 0.404. The highest BCUT2D eigenvalue weighted by molar-refractivity contribution is 5.84. The van der Waals surface area contributed by atoms with Crippen molar-refractivity contribution in [3.8, 4) is 0 Å². The fraction of sp³-hybridized carbons (Fsp3) is 0.583. The van der Waals surface area contributed by atoms with Crippen molar-refractivity contribution in [3.05, 3.63) is 11.9 Å². The molecule has 1 aliphatic rings. The van der Waals surface area contributed by atoms with Gasteiger partial charge in [-0.3, -0.25) is 4.79 Å². The van der Waals surface area contributed by atoms with Crippen LogP contribution in [0.1, 0.15) is 32.3 Å². The number of hydrazine groups is 1. The molecule has 7 heteroatoms. The third-order valence-electron chi connectivity index (χ3n) is 3.11. The Kier molecular flexibility index (Phi) is 4.16. The van der Waals surface area contributed by atoms with E-state index in [9.17, 15) is 4.79 Å². The van der Waals surface area contributed by atoms with Gasteiger partial charge in [-0.05, 0) is 26.2 Å². The predicted molar refractivity (Wildman–Crippen MR) is 73.5 cm³/mol. The number of aromatic nitrogens is 2. The first-order valence-electron chi connectivity index (χ1n) is 6.53. The Bertz CT molecular complexity index is 460. The van der Waals surface area contributed by atoms with Gasteiger partial charge in [-0.2, -0.15) is 0 Å². The molecule has 7 nitrogen and oxygen atoms in total. The molecule has 1 fully saturated rings. The van der Waals surface area contributed by atoms with Crippen molar-refractivity contribution in [3.63, 3.8) is 0 Å². The molecule has 5 N–H and O–H groups in total. The van der Waals surface area contributed by atoms with E-state index in [1.807, 2.05) is 13.8 Å². The van der Waals surface area contributed by atoms with Gasteiger partial charge in [0.1, 0.15) is 24.0 Å².